The fourth-order valence-electron chi connectivity index (χ4n) is 1.58. The van der Waals surface area contributed by atoms with Crippen LogP contribution in [0.15, 0.2) is 24.3 Å². The number of halogens is 1. The van der Waals surface area contributed by atoms with Gasteiger partial charge in [0.15, 0.2) is 0 Å². The summed E-state index contributed by atoms with van der Waals surface area (Å²) in [6.07, 6.45) is 1.62. The lowest BCUT2D eigenvalue weighted by Gasteiger charge is -2.35. The fourth-order valence-corrected chi connectivity index (χ4v) is 1.71. The fraction of sp³-hybridized carbons (Fsp3) is 0.417. The molecule has 0 bridgehead atoms. The molecule has 0 aromatic heterocycles. The number of rotatable bonds is 3. The van der Waals surface area contributed by atoms with E-state index in [0.717, 1.165) is 12.2 Å². The molecule has 1 fully saturated rings. The summed E-state index contributed by atoms with van der Waals surface area (Å²) >= 11 is 5.75. The first-order valence-electron chi connectivity index (χ1n) is 5.02. The van der Waals surface area contributed by atoms with E-state index >= 15 is 0 Å². The van der Waals surface area contributed by atoms with Gasteiger partial charge in [-0.1, -0.05) is 11.6 Å². The summed E-state index contributed by atoms with van der Waals surface area (Å²) in [6, 6.07) is 7.19. The number of Topliss-reactive ketones (excluding diaryl/α,β-unsaturated/α-hetero) is 1. The van der Waals surface area contributed by atoms with Crippen LogP contribution >= 0.6 is 11.6 Å². The van der Waals surface area contributed by atoms with Crippen LogP contribution in [0, 0.1) is 5.41 Å². The zero-order chi connectivity index (χ0) is 10.9. The van der Waals surface area contributed by atoms with Crippen molar-refractivity contribution in [1.29, 1.82) is 0 Å². The van der Waals surface area contributed by atoms with E-state index < -0.39 is 0 Å². The topological polar surface area (TPSA) is 26.3 Å². The van der Waals surface area contributed by atoms with Gasteiger partial charge >= 0.3 is 0 Å². The third-order valence-electron chi connectivity index (χ3n) is 2.95. The smallest absolute Gasteiger partial charge is 0.142 e. The minimum Gasteiger partial charge on any atom is -0.493 e. The molecule has 1 aliphatic rings. The minimum atomic E-state index is -0.264. The number of hydrogen-bond donors (Lipinski definition) is 0. The highest BCUT2D eigenvalue weighted by atomic mass is 35.5. The Hall–Kier alpha value is -1.02. The van der Waals surface area contributed by atoms with E-state index in [1.807, 2.05) is 19.1 Å². The summed E-state index contributed by atoms with van der Waals surface area (Å²) in [5.41, 5.74) is -0.264. The first-order valence-corrected chi connectivity index (χ1v) is 5.40. The van der Waals surface area contributed by atoms with Crippen LogP contribution in [0.4, 0.5) is 0 Å². The van der Waals surface area contributed by atoms with Crippen molar-refractivity contribution < 1.29 is 9.53 Å². The second-order valence-electron chi connectivity index (χ2n) is 4.23. The van der Waals surface area contributed by atoms with Gasteiger partial charge in [-0.05, 0) is 37.6 Å². The van der Waals surface area contributed by atoms with E-state index in [1.54, 1.807) is 12.1 Å². The maximum absolute atomic E-state index is 11.3. The highest BCUT2D eigenvalue weighted by Gasteiger charge is 2.42. The summed E-state index contributed by atoms with van der Waals surface area (Å²) in [6.45, 7) is 2.42. The van der Waals surface area contributed by atoms with E-state index in [-0.39, 0.29) is 5.41 Å². The van der Waals surface area contributed by atoms with Crippen LogP contribution < -0.4 is 4.74 Å². The average molecular weight is 225 g/mol. The molecule has 1 saturated carbocycles. The molecule has 0 N–H and O–H groups in total. The largest absolute Gasteiger partial charge is 0.493 e. The van der Waals surface area contributed by atoms with Gasteiger partial charge in [-0.15, -0.1) is 0 Å². The summed E-state index contributed by atoms with van der Waals surface area (Å²) in [5, 5.41) is 0.688. The molecule has 1 aromatic rings. The zero-order valence-electron chi connectivity index (χ0n) is 8.63. The summed E-state index contributed by atoms with van der Waals surface area (Å²) in [5.74, 6) is 1.07. The van der Waals surface area contributed by atoms with Crippen LogP contribution in [0.2, 0.25) is 5.02 Å². The lowest BCUT2D eigenvalue weighted by molar-refractivity contribution is -0.139. The van der Waals surface area contributed by atoms with E-state index in [9.17, 15) is 4.79 Å². The van der Waals surface area contributed by atoms with Crippen LogP contribution in [0.1, 0.15) is 19.8 Å². The molecule has 2 rings (SSSR count). The number of benzene rings is 1. The van der Waals surface area contributed by atoms with E-state index in [0.29, 0.717) is 23.8 Å². The van der Waals surface area contributed by atoms with Crippen molar-refractivity contribution >= 4 is 17.4 Å². The number of hydrogen-bond acceptors (Lipinski definition) is 2. The maximum atomic E-state index is 11.3. The van der Waals surface area contributed by atoms with Crippen molar-refractivity contribution in [3.8, 4) is 5.75 Å². The van der Waals surface area contributed by atoms with Crippen molar-refractivity contribution in [2.75, 3.05) is 6.61 Å². The Kier molecular flexibility index (Phi) is 2.70. The Morgan fingerprint density at radius 3 is 2.53 bits per heavy atom. The molecule has 0 amide bonds. The van der Waals surface area contributed by atoms with Crippen molar-refractivity contribution in [3.63, 3.8) is 0 Å². The zero-order valence-corrected chi connectivity index (χ0v) is 9.38. The molecular weight excluding hydrogens is 212 g/mol. The van der Waals surface area contributed by atoms with Gasteiger partial charge < -0.3 is 4.74 Å². The van der Waals surface area contributed by atoms with E-state index in [2.05, 4.69) is 0 Å². The van der Waals surface area contributed by atoms with Crippen LogP contribution in [-0.4, -0.2) is 12.4 Å². The Morgan fingerprint density at radius 2 is 2.07 bits per heavy atom. The second kappa shape index (κ2) is 3.86. The number of carbonyl (C=O) groups excluding carboxylic acids is 1. The Bertz CT molecular complexity index is 372. The number of carbonyl (C=O) groups is 1. The van der Waals surface area contributed by atoms with Crippen LogP contribution in [-0.2, 0) is 4.79 Å². The Balaban J connectivity index is 1.93. The van der Waals surface area contributed by atoms with E-state index in [4.69, 9.17) is 16.3 Å². The van der Waals surface area contributed by atoms with Crippen molar-refractivity contribution in [2.24, 2.45) is 5.41 Å². The lowest BCUT2D eigenvalue weighted by atomic mass is 9.70. The monoisotopic (exact) mass is 224 g/mol. The highest BCUT2D eigenvalue weighted by molar-refractivity contribution is 6.30. The molecule has 1 aliphatic carbocycles. The standard InChI is InChI=1S/C12H13ClO2/c1-12(7-6-11(12)14)8-15-10-4-2-9(13)3-5-10/h2-5H,6-8H2,1H3. The van der Waals surface area contributed by atoms with Gasteiger partial charge in [0.1, 0.15) is 18.1 Å². The van der Waals surface area contributed by atoms with Gasteiger partial charge in [0, 0.05) is 11.4 Å². The first kappa shape index (κ1) is 10.5. The SMILES string of the molecule is CC1(COc2ccc(Cl)cc2)CCC1=O. The summed E-state index contributed by atoms with van der Waals surface area (Å²) < 4.78 is 5.56. The molecule has 0 aliphatic heterocycles. The summed E-state index contributed by atoms with van der Waals surface area (Å²) in [4.78, 5) is 11.3. The van der Waals surface area contributed by atoms with Crippen molar-refractivity contribution in [2.45, 2.75) is 19.8 Å². The van der Waals surface area contributed by atoms with Crippen LogP contribution in [0.5, 0.6) is 5.75 Å². The maximum Gasteiger partial charge on any atom is 0.142 e. The molecular formula is C12H13ClO2. The predicted octanol–water partition coefficient (Wildman–Crippen LogP) is 3.09. The Morgan fingerprint density at radius 1 is 1.40 bits per heavy atom. The third kappa shape index (κ3) is 2.15. The number of ketones is 1. The second-order valence-corrected chi connectivity index (χ2v) is 4.66. The van der Waals surface area contributed by atoms with E-state index in [1.165, 1.54) is 0 Å². The van der Waals surface area contributed by atoms with Crippen molar-refractivity contribution in [3.05, 3.63) is 29.3 Å². The van der Waals surface area contributed by atoms with Gasteiger partial charge in [0.25, 0.3) is 0 Å². The van der Waals surface area contributed by atoms with Gasteiger partial charge in [0.05, 0.1) is 5.41 Å². The third-order valence-corrected chi connectivity index (χ3v) is 3.20. The van der Waals surface area contributed by atoms with Gasteiger partial charge in [-0.3, -0.25) is 4.79 Å². The lowest BCUT2D eigenvalue weighted by Crippen LogP contribution is -2.42. The molecule has 15 heavy (non-hydrogen) atoms. The molecule has 0 saturated heterocycles. The molecule has 1 atom stereocenters. The Labute approximate surface area is 94.2 Å². The molecule has 0 spiro atoms. The number of ether oxygens (including phenoxy) is 1. The quantitative estimate of drug-likeness (QED) is 0.789. The van der Waals surface area contributed by atoms with Crippen LogP contribution in [0.3, 0.4) is 0 Å². The average Bonchev–Trinajstić information content (AvgIpc) is 2.26. The molecule has 2 nitrogen and oxygen atoms in total. The normalized spacial score (nSPS) is 24.8. The van der Waals surface area contributed by atoms with Gasteiger partial charge in [0.2, 0.25) is 0 Å². The molecule has 1 aromatic carbocycles. The highest BCUT2D eigenvalue weighted by Crippen LogP contribution is 2.36. The molecule has 0 heterocycles. The molecule has 1 unspecified atom stereocenters. The van der Waals surface area contributed by atoms with Crippen LogP contribution in [0.25, 0.3) is 0 Å². The van der Waals surface area contributed by atoms with Gasteiger partial charge in [-0.25, -0.2) is 0 Å². The summed E-state index contributed by atoms with van der Waals surface area (Å²) in [7, 11) is 0. The first-order chi connectivity index (χ1) is 7.10. The molecule has 3 heteroatoms. The van der Waals surface area contributed by atoms with Gasteiger partial charge in [-0.2, -0.15) is 0 Å². The van der Waals surface area contributed by atoms with Crippen molar-refractivity contribution in [1.82, 2.24) is 0 Å². The molecule has 0 radical (unpaired) electrons. The minimum absolute atomic E-state index is 0.264. The molecule has 80 valence electrons. The predicted molar refractivity (Wildman–Crippen MR) is 59.3 cm³/mol.